The molecule has 5 rings (SSSR count). The lowest BCUT2D eigenvalue weighted by Crippen LogP contribution is -2.43. The van der Waals surface area contributed by atoms with Crippen LogP contribution in [0.25, 0.3) is 22.2 Å². The van der Waals surface area contributed by atoms with Gasteiger partial charge in [-0.3, -0.25) is 14.5 Å². The Bertz CT molecular complexity index is 1310. The molecule has 170 valence electrons. The van der Waals surface area contributed by atoms with E-state index in [0.717, 1.165) is 29.5 Å². The lowest BCUT2D eigenvalue weighted by atomic mass is 9.93. The molecule has 3 heterocycles. The van der Waals surface area contributed by atoms with Crippen molar-refractivity contribution in [2.75, 3.05) is 0 Å². The van der Waals surface area contributed by atoms with Crippen LogP contribution >= 0.6 is 0 Å². The average Bonchev–Trinajstić information content (AvgIpc) is 3.41. The van der Waals surface area contributed by atoms with Crippen molar-refractivity contribution >= 4 is 16.9 Å². The minimum Gasteiger partial charge on any atom is -0.346 e. The molecule has 0 aliphatic heterocycles. The third kappa shape index (κ3) is 4.25. The van der Waals surface area contributed by atoms with Gasteiger partial charge in [0.25, 0.3) is 5.91 Å². The Hall–Kier alpha value is -3.55. The van der Waals surface area contributed by atoms with Gasteiger partial charge in [-0.15, -0.1) is 0 Å². The van der Waals surface area contributed by atoms with Crippen LogP contribution < -0.4 is 5.32 Å². The molecule has 0 spiro atoms. The second-order valence-electron chi connectivity index (χ2n) is 8.63. The van der Waals surface area contributed by atoms with Crippen LogP contribution in [0, 0.1) is 5.82 Å². The van der Waals surface area contributed by atoms with Crippen molar-refractivity contribution < 1.29 is 13.6 Å². The molecule has 1 aromatic carbocycles. The minimum absolute atomic E-state index is 0.240. The summed E-state index contributed by atoms with van der Waals surface area (Å²) in [5.74, 6) is -0.685. The molecule has 33 heavy (non-hydrogen) atoms. The van der Waals surface area contributed by atoms with E-state index in [4.69, 9.17) is 0 Å². The van der Waals surface area contributed by atoms with E-state index in [1.54, 1.807) is 35.4 Å². The Kier molecular flexibility index (Phi) is 5.66. The molecule has 0 bridgehead atoms. The van der Waals surface area contributed by atoms with E-state index in [0.29, 0.717) is 29.5 Å². The Morgan fingerprint density at radius 2 is 2.03 bits per heavy atom. The summed E-state index contributed by atoms with van der Waals surface area (Å²) in [5.41, 5.74) is 3.69. The molecule has 1 aliphatic rings. The highest BCUT2D eigenvalue weighted by Crippen LogP contribution is 2.26. The average molecular weight is 450 g/mol. The number of hydrogen-bond acceptors (Lipinski definition) is 3. The van der Waals surface area contributed by atoms with Gasteiger partial charge in [0.1, 0.15) is 17.5 Å². The van der Waals surface area contributed by atoms with E-state index < -0.39 is 12.2 Å². The van der Waals surface area contributed by atoms with Gasteiger partial charge in [-0.1, -0.05) is 25.0 Å². The molecule has 0 radical (unpaired) electrons. The molecule has 4 aromatic rings. The lowest BCUT2D eigenvalue weighted by molar-refractivity contribution is 0.0885. The molecule has 8 heteroatoms. The number of halogens is 2. The van der Waals surface area contributed by atoms with Crippen LogP contribution in [-0.2, 0) is 13.6 Å². The molecule has 0 saturated heterocycles. The first-order valence-electron chi connectivity index (χ1n) is 11.2. The van der Waals surface area contributed by atoms with Crippen molar-refractivity contribution in [3.05, 3.63) is 72.1 Å². The normalized spacial score (nSPS) is 18.5. The van der Waals surface area contributed by atoms with E-state index in [2.05, 4.69) is 15.4 Å². The zero-order chi connectivity index (χ0) is 22.9. The zero-order valence-electron chi connectivity index (χ0n) is 18.3. The monoisotopic (exact) mass is 449 g/mol. The maximum absolute atomic E-state index is 15.0. The number of nitrogens with zero attached hydrogens (tertiary/aromatic N) is 4. The fraction of sp³-hybridized carbons (Fsp3) is 0.320. The van der Waals surface area contributed by atoms with E-state index in [1.165, 1.54) is 6.07 Å². The molecule has 1 N–H and O–H groups in total. The highest BCUT2D eigenvalue weighted by atomic mass is 19.1. The van der Waals surface area contributed by atoms with E-state index in [9.17, 15) is 13.6 Å². The first-order chi connectivity index (χ1) is 16.0. The number of pyridine rings is 1. The first kappa shape index (κ1) is 21.3. The van der Waals surface area contributed by atoms with Crippen molar-refractivity contribution in [1.29, 1.82) is 0 Å². The number of carbonyl (C=O) groups excluding carboxylic acids is 1. The third-order valence-electron chi connectivity index (χ3n) is 6.31. The topological polar surface area (TPSA) is 64.7 Å². The van der Waals surface area contributed by atoms with Gasteiger partial charge in [-0.2, -0.15) is 5.10 Å². The maximum atomic E-state index is 15.0. The van der Waals surface area contributed by atoms with Crippen LogP contribution in [-0.4, -0.2) is 37.5 Å². The van der Waals surface area contributed by atoms with Crippen molar-refractivity contribution in [2.45, 2.75) is 44.4 Å². The number of hydrogen-bond donors (Lipinski definition) is 1. The number of alkyl halides is 1. The number of aryl methyl sites for hydroxylation is 1. The van der Waals surface area contributed by atoms with E-state index in [1.807, 2.05) is 29.9 Å². The predicted octanol–water partition coefficient (Wildman–Crippen LogP) is 4.63. The number of nitrogens with one attached hydrogen (secondary N) is 1. The largest absolute Gasteiger partial charge is 0.346 e. The number of fused-ring (bicyclic) bond motifs is 1. The van der Waals surface area contributed by atoms with E-state index in [-0.39, 0.29) is 18.3 Å². The second-order valence-corrected chi connectivity index (χ2v) is 8.63. The Labute approximate surface area is 190 Å². The molecule has 1 saturated carbocycles. The SMILES string of the molecule is Cn1cc(-c2ccc(Cn3cc(C(=O)N[C@H]4CCCC[C@@H]4F)c4ncccc43)c(F)c2)cn1. The molecule has 6 nitrogen and oxygen atoms in total. The molecule has 1 fully saturated rings. The Balaban J connectivity index is 1.43. The van der Waals surface area contributed by atoms with Gasteiger partial charge in [0, 0.05) is 36.8 Å². The summed E-state index contributed by atoms with van der Waals surface area (Å²) in [6.45, 7) is 0.240. The van der Waals surface area contributed by atoms with Gasteiger partial charge in [-0.25, -0.2) is 8.78 Å². The van der Waals surface area contributed by atoms with Crippen LogP contribution in [0.4, 0.5) is 8.78 Å². The van der Waals surface area contributed by atoms with Gasteiger partial charge in [-0.05, 0) is 36.6 Å². The predicted molar refractivity (Wildman–Crippen MR) is 122 cm³/mol. The standard InChI is InChI=1S/C25H25F2N5O/c1-31-13-18(12-29-31)16-8-9-17(21(27)11-16)14-32-15-19(24-23(32)7-4-10-28-24)25(33)30-22-6-3-2-5-20(22)26/h4,7-13,15,20,22H,2-3,5-6,14H2,1H3,(H,30,33)/t20-,22-/m0/s1. The summed E-state index contributed by atoms with van der Waals surface area (Å²) in [5, 5.41) is 6.98. The smallest absolute Gasteiger partial charge is 0.255 e. The Morgan fingerprint density at radius 3 is 2.79 bits per heavy atom. The van der Waals surface area contributed by atoms with E-state index >= 15 is 0 Å². The third-order valence-corrected chi connectivity index (χ3v) is 6.31. The molecular formula is C25H25F2N5O. The molecule has 1 aliphatic carbocycles. The maximum Gasteiger partial charge on any atom is 0.255 e. The van der Waals surface area contributed by atoms with Gasteiger partial charge in [0.05, 0.1) is 29.9 Å². The van der Waals surface area contributed by atoms with Crippen molar-refractivity contribution in [3.63, 3.8) is 0 Å². The summed E-state index contributed by atoms with van der Waals surface area (Å²) < 4.78 is 32.7. The highest BCUT2D eigenvalue weighted by molar-refractivity contribution is 6.05. The van der Waals surface area contributed by atoms with Crippen molar-refractivity contribution in [2.24, 2.45) is 7.05 Å². The van der Waals surface area contributed by atoms with Gasteiger partial charge < -0.3 is 9.88 Å². The van der Waals surface area contributed by atoms with Gasteiger partial charge in [0.2, 0.25) is 0 Å². The summed E-state index contributed by atoms with van der Waals surface area (Å²) in [4.78, 5) is 17.4. The number of carbonyl (C=O) groups is 1. The molecule has 0 unspecified atom stereocenters. The number of rotatable bonds is 5. The van der Waals surface area contributed by atoms with Crippen LogP contribution in [0.1, 0.15) is 41.6 Å². The minimum atomic E-state index is -1.03. The lowest BCUT2D eigenvalue weighted by Gasteiger charge is -2.26. The van der Waals surface area contributed by atoms with Crippen molar-refractivity contribution in [1.82, 2.24) is 24.6 Å². The second kappa shape index (κ2) is 8.77. The quantitative estimate of drug-likeness (QED) is 0.483. The summed E-state index contributed by atoms with van der Waals surface area (Å²) in [6, 6.07) is 8.24. The molecule has 2 atom stereocenters. The number of aromatic nitrogens is 4. The molecule has 1 amide bonds. The molecular weight excluding hydrogens is 424 g/mol. The summed E-state index contributed by atoms with van der Waals surface area (Å²) in [7, 11) is 1.81. The van der Waals surface area contributed by atoms with Gasteiger partial charge in [0.15, 0.2) is 0 Å². The van der Waals surface area contributed by atoms with Crippen LogP contribution in [0.15, 0.2) is 55.1 Å². The first-order valence-corrected chi connectivity index (χ1v) is 11.2. The summed E-state index contributed by atoms with van der Waals surface area (Å²) in [6.07, 6.45) is 8.64. The van der Waals surface area contributed by atoms with Crippen molar-refractivity contribution in [3.8, 4) is 11.1 Å². The number of benzene rings is 1. The molecule has 3 aromatic heterocycles. The zero-order valence-corrected chi connectivity index (χ0v) is 18.3. The highest BCUT2D eigenvalue weighted by Gasteiger charge is 2.28. The number of amides is 1. The fourth-order valence-electron chi connectivity index (χ4n) is 4.52. The fourth-order valence-corrected chi connectivity index (χ4v) is 4.52. The van der Waals surface area contributed by atoms with Crippen LogP contribution in [0.2, 0.25) is 0 Å². The van der Waals surface area contributed by atoms with Crippen LogP contribution in [0.5, 0.6) is 0 Å². The van der Waals surface area contributed by atoms with Gasteiger partial charge >= 0.3 is 0 Å². The Morgan fingerprint density at radius 1 is 1.18 bits per heavy atom. The van der Waals surface area contributed by atoms with Crippen LogP contribution in [0.3, 0.4) is 0 Å². The summed E-state index contributed by atoms with van der Waals surface area (Å²) >= 11 is 0.